The molecule has 0 aliphatic heterocycles. The number of rotatable bonds is 3. The highest BCUT2D eigenvalue weighted by atomic mass is 16.6. The lowest BCUT2D eigenvalue weighted by Gasteiger charge is -2.00. The molecule has 0 atom stereocenters. The molecule has 0 saturated heterocycles. The van der Waals surface area contributed by atoms with Gasteiger partial charge in [-0.05, 0) is 13.0 Å². The van der Waals surface area contributed by atoms with Crippen LogP contribution in [0.2, 0.25) is 0 Å². The van der Waals surface area contributed by atoms with Crippen molar-refractivity contribution in [2.75, 3.05) is 0 Å². The SMILES string of the molecule is CC(=O)Cn1cccc([N+](=O)[O-])c1=O. The zero-order chi connectivity index (χ0) is 10.7. The van der Waals surface area contributed by atoms with Gasteiger partial charge in [-0.3, -0.25) is 19.7 Å². The molecule has 6 heteroatoms. The highest BCUT2D eigenvalue weighted by Gasteiger charge is 2.13. The molecule has 0 saturated carbocycles. The van der Waals surface area contributed by atoms with Gasteiger partial charge in [0.2, 0.25) is 0 Å². The Morgan fingerprint density at radius 3 is 2.79 bits per heavy atom. The van der Waals surface area contributed by atoms with Crippen molar-refractivity contribution in [3.05, 3.63) is 38.8 Å². The number of nitrogens with zero attached hydrogens (tertiary/aromatic N) is 2. The number of carbonyl (C=O) groups excluding carboxylic acids is 1. The molecule has 6 nitrogen and oxygen atoms in total. The van der Waals surface area contributed by atoms with Crippen molar-refractivity contribution < 1.29 is 9.72 Å². The minimum absolute atomic E-state index is 0.138. The summed E-state index contributed by atoms with van der Waals surface area (Å²) in [6, 6.07) is 2.47. The van der Waals surface area contributed by atoms with Crippen molar-refractivity contribution >= 4 is 11.5 Å². The van der Waals surface area contributed by atoms with Crippen LogP contribution in [-0.2, 0) is 11.3 Å². The van der Waals surface area contributed by atoms with Gasteiger partial charge >= 0.3 is 11.2 Å². The van der Waals surface area contributed by atoms with Crippen molar-refractivity contribution in [2.24, 2.45) is 0 Å². The molecule has 1 heterocycles. The van der Waals surface area contributed by atoms with Crippen molar-refractivity contribution in [1.82, 2.24) is 4.57 Å². The molecule has 1 aromatic rings. The highest BCUT2D eigenvalue weighted by Crippen LogP contribution is 2.01. The molecule has 0 aliphatic rings. The Labute approximate surface area is 78.9 Å². The van der Waals surface area contributed by atoms with Crippen LogP contribution in [-0.4, -0.2) is 15.3 Å². The third-order valence-corrected chi connectivity index (χ3v) is 1.59. The van der Waals surface area contributed by atoms with Gasteiger partial charge in [-0.1, -0.05) is 0 Å². The molecule has 0 aromatic carbocycles. The summed E-state index contributed by atoms with van der Waals surface area (Å²) in [5.74, 6) is -0.229. The lowest BCUT2D eigenvalue weighted by atomic mass is 10.4. The Hall–Kier alpha value is -1.98. The van der Waals surface area contributed by atoms with E-state index < -0.39 is 16.2 Å². The first-order valence-corrected chi connectivity index (χ1v) is 3.85. The molecule has 0 radical (unpaired) electrons. The quantitative estimate of drug-likeness (QED) is 0.515. The number of ketones is 1. The van der Waals surface area contributed by atoms with Crippen LogP contribution in [0.25, 0.3) is 0 Å². The minimum atomic E-state index is -0.765. The van der Waals surface area contributed by atoms with E-state index >= 15 is 0 Å². The van der Waals surface area contributed by atoms with Crippen LogP contribution in [0.1, 0.15) is 6.92 Å². The summed E-state index contributed by atoms with van der Waals surface area (Å²) >= 11 is 0. The number of hydrogen-bond acceptors (Lipinski definition) is 4. The first-order valence-electron chi connectivity index (χ1n) is 3.85. The third kappa shape index (κ3) is 2.03. The maximum absolute atomic E-state index is 11.3. The summed E-state index contributed by atoms with van der Waals surface area (Å²) in [7, 11) is 0. The van der Waals surface area contributed by atoms with Gasteiger partial charge in [0, 0.05) is 12.3 Å². The van der Waals surface area contributed by atoms with Crippen LogP contribution in [0.15, 0.2) is 23.1 Å². The van der Waals surface area contributed by atoms with Gasteiger partial charge in [0.15, 0.2) is 0 Å². The van der Waals surface area contributed by atoms with Crippen molar-refractivity contribution in [3.63, 3.8) is 0 Å². The fourth-order valence-corrected chi connectivity index (χ4v) is 1.03. The first kappa shape index (κ1) is 10.1. The van der Waals surface area contributed by atoms with E-state index in [-0.39, 0.29) is 12.3 Å². The smallest absolute Gasteiger partial charge is 0.302 e. The van der Waals surface area contributed by atoms with Gasteiger partial charge in [-0.2, -0.15) is 0 Å². The van der Waals surface area contributed by atoms with E-state index in [9.17, 15) is 19.7 Å². The minimum Gasteiger partial charge on any atom is -0.302 e. The predicted molar refractivity (Wildman–Crippen MR) is 48.0 cm³/mol. The van der Waals surface area contributed by atoms with Gasteiger partial charge < -0.3 is 4.57 Å². The molecule has 74 valence electrons. The van der Waals surface area contributed by atoms with Gasteiger partial charge in [0.05, 0.1) is 11.5 Å². The van der Waals surface area contributed by atoms with Crippen LogP contribution in [0.3, 0.4) is 0 Å². The Morgan fingerprint density at radius 1 is 1.64 bits per heavy atom. The molecule has 0 amide bonds. The van der Waals surface area contributed by atoms with Crippen molar-refractivity contribution in [2.45, 2.75) is 13.5 Å². The van der Waals surface area contributed by atoms with E-state index in [1.807, 2.05) is 0 Å². The number of hydrogen-bond donors (Lipinski definition) is 0. The van der Waals surface area contributed by atoms with E-state index in [1.165, 1.54) is 19.2 Å². The van der Waals surface area contributed by atoms with Gasteiger partial charge in [-0.15, -0.1) is 0 Å². The number of carbonyl (C=O) groups is 1. The fraction of sp³-hybridized carbons (Fsp3) is 0.250. The lowest BCUT2D eigenvalue weighted by molar-refractivity contribution is -0.386. The largest absolute Gasteiger partial charge is 0.334 e. The van der Waals surface area contributed by atoms with E-state index in [0.29, 0.717) is 0 Å². The second-order valence-corrected chi connectivity index (χ2v) is 2.79. The average molecular weight is 196 g/mol. The first-order chi connectivity index (χ1) is 6.52. The van der Waals surface area contributed by atoms with Crippen molar-refractivity contribution in [1.29, 1.82) is 0 Å². The molecule has 0 fully saturated rings. The molecule has 1 aromatic heterocycles. The van der Waals surface area contributed by atoms with Crippen LogP contribution < -0.4 is 5.56 Å². The summed E-state index contributed by atoms with van der Waals surface area (Å²) < 4.78 is 1.01. The van der Waals surface area contributed by atoms with Crippen LogP contribution >= 0.6 is 0 Å². The molecule has 0 unspecified atom stereocenters. The summed E-state index contributed by atoms with van der Waals surface area (Å²) in [5, 5.41) is 10.4. The number of Topliss-reactive ketones (excluding diaryl/α,β-unsaturated/α-hetero) is 1. The van der Waals surface area contributed by atoms with E-state index in [1.54, 1.807) is 0 Å². The average Bonchev–Trinajstić information content (AvgIpc) is 2.07. The monoisotopic (exact) mass is 196 g/mol. The summed E-state index contributed by atoms with van der Waals surface area (Å²) in [4.78, 5) is 31.6. The summed E-state index contributed by atoms with van der Waals surface area (Å²) in [6.07, 6.45) is 1.34. The topological polar surface area (TPSA) is 82.2 Å². The lowest BCUT2D eigenvalue weighted by Crippen LogP contribution is -2.24. The van der Waals surface area contributed by atoms with Gasteiger partial charge in [0.1, 0.15) is 5.78 Å². The molecule has 0 spiro atoms. The zero-order valence-electron chi connectivity index (χ0n) is 7.47. The third-order valence-electron chi connectivity index (χ3n) is 1.59. The van der Waals surface area contributed by atoms with E-state index in [4.69, 9.17) is 0 Å². The fourth-order valence-electron chi connectivity index (χ4n) is 1.03. The van der Waals surface area contributed by atoms with Crippen LogP contribution in [0.5, 0.6) is 0 Å². The second-order valence-electron chi connectivity index (χ2n) is 2.79. The Kier molecular flexibility index (Phi) is 2.76. The molecule has 1 rings (SSSR count). The zero-order valence-corrected chi connectivity index (χ0v) is 7.47. The molecular weight excluding hydrogens is 188 g/mol. The maximum atomic E-state index is 11.3. The summed E-state index contributed by atoms with van der Waals surface area (Å²) in [6.45, 7) is 1.17. The molecule has 0 bridgehead atoms. The molecule has 0 aliphatic carbocycles. The number of pyridine rings is 1. The molecule has 14 heavy (non-hydrogen) atoms. The van der Waals surface area contributed by atoms with E-state index in [0.717, 1.165) is 10.6 Å². The van der Waals surface area contributed by atoms with Crippen LogP contribution in [0, 0.1) is 10.1 Å². The predicted octanol–water partition coefficient (Wildman–Crippen LogP) is 0.346. The normalized spacial score (nSPS) is 9.79. The maximum Gasteiger partial charge on any atom is 0.334 e. The number of nitro groups is 1. The summed E-state index contributed by atoms with van der Waals surface area (Å²) in [5.41, 5.74) is -1.28. The van der Waals surface area contributed by atoms with Crippen molar-refractivity contribution in [3.8, 4) is 0 Å². The highest BCUT2D eigenvalue weighted by molar-refractivity contribution is 5.75. The Balaban J connectivity index is 3.21. The second kappa shape index (κ2) is 3.82. The standard InChI is InChI=1S/C8H8N2O4/c1-6(11)5-9-4-2-3-7(8(9)12)10(13)14/h2-4H,5H2,1H3. The molecular formula is C8H8N2O4. The van der Waals surface area contributed by atoms with E-state index in [2.05, 4.69) is 0 Å². The Morgan fingerprint density at radius 2 is 2.29 bits per heavy atom. The number of aromatic nitrogens is 1. The van der Waals surface area contributed by atoms with Crippen LogP contribution in [0.4, 0.5) is 5.69 Å². The molecule has 0 N–H and O–H groups in total. The Bertz CT molecular complexity index is 435. The van der Waals surface area contributed by atoms with Gasteiger partial charge in [0.25, 0.3) is 0 Å². The van der Waals surface area contributed by atoms with Gasteiger partial charge in [-0.25, -0.2) is 0 Å².